The van der Waals surface area contributed by atoms with Crippen molar-refractivity contribution in [2.24, 2.45) is 5.84 Å². The molecule has 0 aliphatic heterocycles. The number of hydrazine groups is 1. The number of carbonyl (C=O) groups is 1. The van der Waals surface area contributed by atoms with Crippen LogP contribution in [0.4, 0.5) is 5.69 Å². The Balaban J connectivity index is 2.15. The van der Waals surface area contributed by atoms with Crippen molar-refractivity contribution in [3.8, 4) is 0 Å². The highest BCUT2D eigenvalue weighted by atomic mass is 35.5. The molecule has 5 nitrogen and oxygen atoms in total. The van der Waals surface area contributed by atoms with Crippen molar-refractivity contribution in [1.29, 1.82) is 0 Å². The number of rotatable bonds is 4. The Morgan fingerprint density at radius 2 is 2.25 bits per heavy atom. The van der Waals surface area contributed by atoms with Crippen LogP contribution in [0.3, 0.4) is 0 Å². The second-order valence-corrected chi connectivity index (χ2v) is 5.51. The summed E-state index contributed by atoms with van der Waals surface area (Å²) in [5.74, 6) is 6.07. The first-order valence-corrected chi connectivity index (χ1v) is 7.16. The summed E-state index contributed by atoms with van der Waals surface area (Å²) in [6.07, 6.45) is 0. The average Bonchev–Trinajstić information content (AvgIpc) is 2.79. The number of halogens is 1. The van der Waals surface area contributed by atoms with Crippen molar-refractivity contribution in [2.75, 3.05) is 5.73 Å². The van der Waals surface area contributed by atoms with E-state index in [1.54, 1.807) is 31.2 Å². The van der Waals surface area contributed by atoms with Crippen LogP contribution < -0.4 is 17.0 Å². The molecule has 0 aliphatic carbocycles. The van der Waals surface area contributed by atoms with Gasteiger partial charge in [0.05, 0.1) is 5.02 Å². The summed E-state index contributed by atoms with van der Waals surface area (Å²) in [6, 6.07) is 7.05. The van der Waals surface area contributed by atoms with Gasteiger partial charge in [0.1, 0.15) is 5.76 Å². The van der Waals surface area contributed by atoms with Crippen LogP contribution in [0.5, 0.6) is 0 Å². The van der Waals surface area contributed by atoms with Gasteiger partial charge in [0.15, 0.2) is 5.76 Å². The maximum atomic E-state index is 11.4. The van der Waals surface area contributed by atoms with E-state index in [0.29, 0.717) is 22.2 Å². The third kappa shape index (κ3) is 3.09. The lowest BCUT2D eigenvalue weighted by molar-refractivity contribution is 0.0924. The van der Waals surface area contributed by atoms with Crippen LogP contribution in [0.1, 0.15) is 21.9 Å². The smallest absolute Gasteiger partial charge is 0.300 e. The molecule has 106 valence electrons. The molecule has 1 amide bonds. The average molecular weight is 312 g/mol. The third-order valence-electron chi connectivity index (χ3n) is 2.74. The second-order valence-electron chi connectivity index (χ2n) is 4.11. The Hall–Kier alpha value is -1.63. The Morgan fingerprint density at radius 1 is 1.50 bits per heavy atom. The van der Waals surface area contributed by atoms with Gasteiger partial charge in [-0.05, 0) is 25.1 Å². The van der Waals surface area contributed by atoms with Crippen molar-refractivity contribution >= 4 is 35.0 Å². The minimum Gasteiger partial charge on any atom is -0.456 e. The number of thioether (sulfide) groups is 1. The van der Waals surface area contributed by atoms with E-state index in [4.69, 9.17) is 27.6 Å². The highest BCUT2D eigenvalue weighted by Crippen LogP contribution is 2.35. The van der Waals surface area contributed by atoms with E-state index in [2.05, 4.69) is 0 Å². The predicted octanol–water partition coefficient (Wildman–Crippen LogP) is 2.72. The molecule has 0 atom stereocenters. The van der Waals surface area contributed by atoms with Gasteiger partial charge in [0.25, 0.3) is 0 Å². The Kier molecular flexibility index (Phi) is 4.59. The number of anilines is 1. The number of benzene rings is 1. The molecular formula is C13H14ClN3O2S. The van der Waals surface area contributed by atoms with E-state index in [9.17, 15) is 4.79 Å². The third-order valence-corrected chi connectivity index (χ3v) is 4.37. The maximum Gasteiger partial charge on any atom is 0.300 e. The molecule has 0 fully saturated rings. The molecule has 0 unspecified atom stereocenters. The van der Waals surface area contributed by atoms with Gasteiger partial charge in [-0.2, -0.15) is 0 Å². The van der Waals surface area contributed by atoms with Gasteiger partial charge in [-0.15, -0.1) is 11.8 Å². The predicted molar refractivity (Wildman–Crippen MR) is 80.5 cm³/mol. The van der Waals surface area contributed by atoms with Crippen molar-refractivity contribution in [2.45, 2.75) is 17.6 Å². The van der Waals surface area contributed by atoms with Crippen molar-refractivity contribution in [3.05, 3.63) is 46.4 Å². The van der Waals surface area contributed by atoms with Crippen LogP contribution in [-0.4, -0.2) is 5.91 Å². The summed E-state index contributed by atoms with van der Waals surface area (Å²) in [5, 5.41) is 0.607. The standard InChI is InChI=1S/C13H14ClN3O2S/c1-7-8(5-11(19-7)13(18)17-16)6-20-12-9(14)3-2-4-10(12)15/h2-5H,6,15-16H2,1H3,(H,17,18). The number of furan rings is 1. The van der Waals surface area contributed by atoms with Crippen molar-refractivity contribution < 1.29 is 9.21 Å². The number of nitrogens with one attached hydrogen (secondary N) is 1. The lowest BCUT2D eigenvalue weighted by Crippen LogP contribution is -2.29. The zero-order valence-electron chi connectivity index (χ0n) is 10.8. The first-order valence-electron chi connectivity index (χ1n) is 5.80. The fourth-order valence-electron chi connectivity index (χ4n) is 1.67. The molecular weight excluding hydrogens is 298 g/mol. The van der Waals surface area contributed by atoms with Crippen LogP contribution in [0.15, 0.2) is 33.6 Å². The Labute approximate surface area is 125 Å². The number of nitrogens with two attached hydrogens (primary N) is 2. The number of aryl methyl sites for hydroxylation is 1. The summed E-state index contributed by atoms with van der Waals surface area (Å²) in [7, 11) is 0. The highest BCUT2D eigenvalue weighted by Gasteiger charge is 2.14. The maximum absolute atomic E-state index is 11.4. The van der Waals surface area contributed by atoms with Crippen LogP contribution in [-0.2, 0) is 5.75 Å². The molecule has 0 bridgehead atoms. The fourth-order valence-corrected chi connectivity index (χ4v) is 3.05. The summed E-state index contributed by atoms with van der Waals surface area (Å²) in [6.45, 7) is 1.79. The summed E-state index contributed by atoms with van der Waals surface area (Å²) in [5.41, 5.74) is 9.45. The van der Waals surface area contributed by atoms with Gasteiger partial charge in [-0.1, -0.05) is 17.7 Å². The number of hydrogen-bond acceptors (Lipinski definition) is 5. The zero-order chi connectivity index (χ0) is 14.7. The van der Waals surface area contributed by atoms with E-state index in [1.807, 2.05) is 5.43 Å². The minimum atomic E-state index is -0.457. The van der Waals surface area contributed by atoms with E-state index >= 15 is 0 Å². The van der Waals surface area contributed by atoms with E-state index < -0.39 is 5.91 Å². The molecule has 5 N–H and O–H groups in total. The van der Waals surface area contributed by atoms with Gasteiger partial charge < -0.3 is 10.2 Å². The molecule has 2 rings (SSSR count). The molecule has 2 aromatic rings. The topological polar surface area (TPSA) is 94.3 Å². The Morgan fingerprint density at radius 3 is 2.90 bits per heavy atom. The molecule has 0 radical (unpaired) electrons. The van der Waals surface area contributed by atoms with Crippen molar-refractivity contribution in [3.63, 3.8) is 0 Å². The monoisotopic (exact) mass is 311 g/mol. The molecule has 0 spiro atoms. The number of carbonyl (C=O) groups excluding carboxylic acids is 1. The van der Waals surface area contributed by atoms with E-state index in [-0.39, 0.29) is 5.76 Å². The summed E-state index contributed by atoms with van der Waals surface area (Å²) < 4.78 is 5.35. The van der Waals surface area contributed by atoms with Crippen LogP contribution in [0.25, 0.3) is 0 Å². The quantitative estimate of drug-likeness (QED) is 0.265. The molecule has 20 heavy (non-hydrogen) atoms. The van der Waals surface area contributed by atoms with Gasteiger partial charge >= 0.3 is 5.91 Å². The molecule has 1 aromatic heterocycles. The van der Waals surface area contributed by atoms with Crippen LogP contribution in [0.2, 0.25) is 5.02 Å². The lowest BCUT2D eigenvalue weighted by Gasteiger charge is -2.06. The largest absolute Gasteiger partial charge is 0.456 e. The molecule has 7 heteroatoms. The van der Waals surface area contributed by atoms with Crippen LogP contribution in [0, 0.1) is 6.92 Å². The molecule has 1 aromatic carbocycles. The number of hydrogen-bond donors (Lipinski definition) is 3. The van der Waals surface area contributed by atoms with E-state index in [1.165, 1.54) is 11.8 Å². The van der Waals surface area contributed by atoms with Crippen LogP contribution >= 0.6 is 23.4 Å². The number of amides is 1. The van der Waals surface area contributed by atoms with Gasteiger partial charge in [0, 0.05) is 21.9 Å². The minimum absolute atomic E-state index is 0.188. The normalized spacial score (nSPS) is 10.6. The Bertz CT molecular complexity index is 622. The summed E-state index contributed by atoms with van der Waals surface area (Å²) >= 11 is 7.60. The molecule has 0 aliphatic rings. The van der Waals surface area contributed by atoms with Gasteiger partial charge in [-0.3, -0.25) is 10.2 Å². The second kappa shape index (κ2) is 6.21. The van der Waals surface area contributed by atoms with E-state index in [0.717, 1.165) is 10.5 Å². The SMILES string of the molecule is Cc1oc(C(=O)NN)cc1CSc1c(N)cccc1Cl. The fraction of sp³-hybridized carbons (Fsp3) is 0.154. The molecule has 0 saturated heterocycles. The molecule has 1 heterocycles. The molecule has 0 saturated carbocycles. The zero-order valence-corrected chi connectivity index (χ0v) is 12.3. The van der Waals surface area contributed by atoms with Crippen molar-refractivity contribution in [1.82, 2.24) is 5.43 Å². The lowest BCUT2D eigenvalue weighted by atomic mass is 10.3. The number of nitrogen functional groups attached to an aromatic ring is 2. The first kappa shape index (κ1) is 14.8. The highest BCUT2D eigenvalue weighted by molar-refractivity contribution is 7.98. The van der Waals surface area contributed by atoms with Gasteiger partial charge in [0.2, 0.25) is 0 Å². The first-order chi connectivity index (χ1) is 9.52. The summed E-state index contributed by atoms with van der Waals surface area (Å²) in [4.78, 5) is 12.2. The van der Waals surface area contributed by atoms with Gasteiger partial charge in [-0.25, -0.2) is 5.84 Å².